The molecule has 1 aromatic carbocycles. The van der Waals surface area contributed by atoms with Gasteiger partial charge in [0.05, 0.1) is 0 Å². The van der Waals surface area contributed by atoms with Gasteiger partial charge in [-0.25, -0.2) is 0 Å². The molecule has 25 heavy (non-hydrogen) atoms. The van der Waals surface area contributed by atoms with Gasteiger partial charge in [-0.05, 0) is 43.4 Å². The van der Waals surface area contributed by atoms with E-state index in [4.69, 9.17) is 11.6 Å². The second-order valence-electron chi connectivity index (χ2n) is 7.04. The Kier molecular flexibility index (Phi) is 4.75. The first-order valence-corrected chi connectivity index (χ1v) is 9.57. The summed E-state index contributed by atoms with van der Waals surface area (Å²) in [5.41, 5.74) is 1.25. The summed E-state index contributed by atoms with van der Waals surface area (Å²) in [4.78, 5) is 15.0. The van der Waals surface area contributed by atoms with E-state index in [1.54, 1.807) is 0 Å². The van der Waals surface area contributed by atoms with E-state index in [0.717, 1.165) is 62.6 Å². The van der Waals surface area contributed by atoms with E-state index in [-0.39, 0.29) is 5.91 Å². The van der Waals surface area contributed by atoms with Crippen LogP contribution in [-0.2, 0) is 13.0 Å². The number of aryl methyl sites for hydroxylation is 1. The smallest absolute Gasteiger partial charge is 0.291 e. The first-order valence-electron chi connectivity index (χ1n) is 9.19. The van der Waals surface area contributed by atoms with Gasteiger partial charge in [-0.2, -0.15) is 0 Å². The Balaban J connectivity index is 1.52. The molecule has 132 valence electrons. The van der Waals surface area contributed by atoms with Crippen LogP contribution in [0.25, 0.3) is 0 Å². The van der Waals surface area contributed by atoms with Crippen LogP contribution in [0.2, 0.25) is 5.02 Å². The van der Waals surface area contributed by atoms with E-state index in [2.05, 4.69) is 22.3 Å². The number of halogens is 1. The summed E-state index contributed by atoms with van der Waals surface area (Å²) in [7, 11) is 0. The molecule has 0 radical (unpaired) electrons. The van der Waals surface area contributed by atoms with Crippen molar-refractivity contribution < 1.29 is 4.79 Å². The minimum Gasteiger partial charge on any atom is -0.335 e. The highest BCUT2D eigenvalue weighted by atomic mass is 35.5. The van der Waals surface area contributed by atoms with Crippen LogP contribution < -0.4 is 0 Å². The number of benzene rings is 1. The molecule has 0 aliphatic carbocycles. The molecule has 4 rings (SSSR count). The number of likely N-dealkylation sites (tertiary alicyclic amines) is 1. The number of hydrogen-bond acceptors (Lipinski definition) is 3. The van der Waals surface area contributed by atoms with Gasteiger partial charge in [-0.3, -0.25) is 4.79 Å². The number of aromatic nitrogens is 3. The molecule has 1 fully saturated rings. The SMILES string of the molecule is O=C(c1nnc2n1CCCCC2)N1CCCC(c2ccc(Cl)cc2)C1. The van der Waals surface area contributed by atoms with Crippen LogP contribution in [0.4, 0.5) is 0 Å². The number of carbonyl (C=O) groups is 1. The molecule has 2 aliphatic rings. The summed E-state index contributed by atoms with van der Waals surface area (Å²) >= 11 is 6.00. The zero-order chi connectivity index (χ0) is 17.2. The Hall–Kier alpha value is -1.88. The van der Waals surface area contributed by atoms with E-state index in [1.165, 1.54) is 12.0 Å². The lowest BCUT2D eigenvalue weighted by Crippen LogP contribution is -2.40. The van der Waals surface area contributed by atoms with Gasteiger partial charge in [-0.15, -0.1) is 10.2 Å². The van der Waals surface area contributed by atoms with Crippen molar-refractivity contribution in [2.75, 3.05) is 13.1 Å². The molecule has 2 aliphatic heterocycles. The molecule has 5 nitrogen and oxygen atoms in total. The van der Waals surface area contributed by atoms with Gasteiger partial charge in [0.15, 0.2) is 0 Å². The highest BCUT2D eigenvalue weighted by Crippen LogP contribution is 2.28. The van der Waals surface area contributed by atoms with Gasteiger partial charge < -0.3 is 9.47 Å². The van der Waals surface area contributed by atoms with Crippen molar-refractivity contribution in [1.82, 2.24) is 19.7 Å². The molecule has 0 spiro atoms. The molecule has 1 atom stereocenters. The predicted octanol–water partition coefficient (Wildman–Crippen LogP) is 3.68. The van der Waals surface area contributed by atoms with Crippen LogP contribution in [0.15, 0.2) is 24.3 Å². The maximum Gasteiger partial charge on any atom is 0.291 e. The zero-order valence-corrected chi connectivity index (χ0v) is 15.1. The second-order valence-corrected chi connectivity index (χ2v) is 7.48. The number of rotatable bonds is 2. The van der Waals surface area contributed by atoms with Gasteiger partial charge in [0.1, 0.15) is 5.82 Å². The van der Waals surface area contributed by atoms with Crippen LogP contribution in [0, 0.1) is 0 Å². The molecule has 6 heteroatoms. The highest BCUT2D eigenvalue weighted by Gasteiger charge is 2.29. The highest BCUT2D eigenvalue weighted by molar-refractivity contribution is 6.30. The number of hydrogen-bond donors (Lipinski definition) is 0. The van der Waals surface area contributed by atoms with E-state index < -0.39 is 0 Å². The monoisotopic (exact) mass is 358 g/mol. The lowest BCUT2D eigenvalue weighted by atomic mass is 9.90. The van der Waals surface area contributed by atoms with Crippen molar-refractivity contribution in [3.05, 3.63) is 46.5 Å². The predicted molar refractivity (Wildman–Crippen MR) is 96.9 cm³/mol. The maximum atomic E-state index is 13.1. The van der Waals surface area contributed by atoms with Crippen LogP contribution in [0.3, 0.4) is 0 Å². The molecule has 1 aromatic heterocycles. The van der Waals surface area contributed by atoms with Gasteiger partial charge >= 0.3 is 0 Å². The topological polar surface area (TPSA) is 51.0 Å². The molecular weight excluding hydrogens is 336 g/mol. The summed E-state index contributed by atoms with van der Waals surface area (Å²) in [6, 6.07) is 8.00. The van der Waals surface area contributed by atoms with Crippen molar-refractivity contribution in [1.29, 1.82) is 0 Å². The Labute approximate surface area is 153 Å². The van der Waals surface area contributed by atoms with Crippen molar-refractivity contribution in [3.8, 4) is 0 Å². The maximum absolute atomic E-state index is 13.1. The molecule has 0 N–H and O–H groups in total. The zero-order valence-electron chi connectivity index (χ0n) is 14.3. The number of amides is 1. The number of piperidine rings is 1. The van der Waals surface area contributed by atoms with Crippen molar-refractivity contribution >= 4 is 17.5 Å². The second kappa shape index (κ2) is 7.16. The van der Waals surface area contributed by atoms with Crippen LogP contribution >= 0.6 is 11.6 Å². The molecule has 0 bridgehead atoms. The Bertz CT molecular complexity index is 755. The Morgan fingerprint density at radius 2 is 1.88 bits per heavy atom. The molecular formula is C19H23ClN4O. The molecule has 0 saturated carbocycles. The normalized spacial score (nSPS) is 20.8. The summed E-state index contributed by atoms with van der Waals surface area (Å²) in [6.45, 7) is 2.39. The molecule has 1 amide bonds. The summed E-state index contributed by atoms with van der Waals surface area (Å²) in [5.74, 6) is 1.88. The van der Waals surface area contributed by atoms with Crippen LogP contribution in [0.1, 0.15) is 60.0 Å². The summed E-state index contributed by atoms with van der Waals surface area (Å²) in [6.07, 6.45) is 6.46. The fraction of sp³-hybridized carbons (Fsp3) is 0.526. The summed E-state index contributed by atoms with van der Waals surface area (Å²) in [5, 5.41) is 9.25. The fourth-order valence-corrected chi connectivity index (χ4v) is 4.08. The van der Waals surface area contributed by atoms with Gasteiger partial charge in [0, 0.05) is 37.0 Å². The molecule has 1 unspecified atom stereocenters. The van der Waals surface area contributed by atoms with Gasteiger partial charge in [0.2, 0.25) is 5.82 Å². The van der Waals surface area contributed by atoms with Crippen LogP contribution in [-0.4, -0.2) is 38.7 Å². The summed E-state index contributed by atoms with van der Waals surface area (Å²) < 4.78 is 2.04. The van der Waals surface area contributed by atoms with E-state index in [0.29, 0.717) is 11.7 Å². The van der Waals surface area contributed by atoms with Crippen molar-refractivity contribution in [2.24, 2.45) is 0 Å². The van der Waals surface area contributed by atoms with Gasteiger partial charge in [0.25, 0.3) is 5.91 Å². The molecule has 3 heterocycles. The number of fused-ring (bicyclic) bond motifs is 1. The quantitative estimate of drug-likeness (QED) is 0.822. The van der Waals surface area contributed by atoms with Crippen molar-refractivity contribution in [3.63, 3.8) is 0 Å². The third-order valence-corrected chi connectivity index (χ3v) is 5.60. The van der Waals surface area contributed by atoms with Crippen molar-refractivity contribution in [2.45, 2.75) is 51.0 Å². The average molecular weight is 359 g/mol. The lowest BCUT2D eigenvalue weighted by molar-refractivity contribution is 0.0688. The number of nitrogens with zero attached hydrogens (tertiary/aromatic N) is 4. The molecule has 1 saturated heterocycles. The average Bonchev–Trinajstić information content (AvgIpc) is 2.90. The Morgan fingerprint density at radius 3 is 2.72 bits per heavy atom. The number of carbonyl (C=O) groups excluding carboxylic acids is 1. The van der Waals surface area contributed by atoms with Gasteiger partial charge in [-0.1, -0.05) is 30.2 Å². The first-order chi connectivity index (χ1) is 12.2. The molecule has 2 aromatic rings. The Morgan fingerprint density at radius 1 is 1.04 bits per heavy atom. The minimum atomic E-state index is 0.0271. The standard InChI is InChI=1S/C19H23ClN4O/c20-16-9-7-14(8-10-16)15-5-4-11-23(13-15)19(25)18-22-21-17-6-2-1-3-12-24(17)18/h7-10,15H,1-6,11-13H2. The van der Waals surface area contributed by atoms with E-state index >= 15 is 0 Å². The minimum absolute atomic E-state index is 0.0271. The van der Waals surface area contributed by atoms with Crippen LogP contribution in [0.5, 0.6) is 0 Å². The lowest BCUT2D eigenvalue weighted by Gasteiger charge is -2.32. The van der Waals surface area contributed by atoms with E-state index in [9.17, 15) is 4.79 Å². The largest absolute Gasteiger partial charge is 0.335 e. The third kappa shape index (κ3) is 3.43. The first kappa shape index (κ1) is 16.6. The third-order valence-electron chi connectivity index (χ3n) is 5.35. The van der Waals surface area contributed by atoms with E-state index in [1.807, 2.05) is 21.6 Å². The fourth-order valence-electron chi connectivity index (χ4n) is 3.95.